The van der Waals surface area contributed by atoms with Crippen molar-refractivity contribution < 1.29 is 23.5 Å². The van der Waals surface area contributed by atoms with Crippen LogP contribution in [0.3, 0.4) is 0 Å². The Labute approximate surface area is 154 Å². The summed E-state index contributed by atoms with van der Waals surface area (Å²) in [6.45, 7) is 1.64. The van der Waals surface area contributed by atoms with Crippen molar-refractivity contribution in [1.82, 2.24) is 5.32 Å². The second kappa shape index (κ2) is 8.76. The van der Waals surface area contributed by atoms with Crippen LogP contribution < -0.4 is 5.32 Å². The van der Waals surface area contributed by atoms with E-state index in [0.29, 0.717) is 10.6 Å². The minimum absolute atomic E-state index is 0.0632. The number of rotatable bonds is 7. The lowest BCUT2D eigenvalue weighted by Crippen LogP contribution is -2.31. The Morgan fingerprint density at radius 2 is 1.77 bits per heavy atom. The maximum absolute atomic E-state index is 13.8. The molecule has 0 heterocycles. The number of carboxylic acid groups (broad SMARTS) is 1. The fourth-order valence-electron chi connectivity index (χ4n) is 2.66. The predicted octanol–water partition coefficient (Wildman–Crippen LogP) is 4.44. The highest BCUT2D eigenvalue weighted by molar-refractivity contribution is 6.30. The van der Waals surface area contributed by atoms with E-state index in [9.17, 15) is 18.4 Å². The van der Waals surface area contributed by atoms with Gasteiger partial charge in [-0.05, 0) is 35.2 Å². The fraction of sp³-hybridized carbons (Fsp3) is 0.263. The summed E-state index contributed by atoms with van der Waals surface area (Å²) >= 11 is 5.82. The van der Waals surface area contributed by atoms with Gasteiger partial charge in [0.2, 0.25) is 5.91 Å². The minimum atomic E-state index is -1.07. The van der Waals surface area contributed by atoms with Crippen molar-refractivity contribution >= 4 is 23.5 Å². The number of carboxylic acids is 1. The molecule has 0 aliphatic carbocycles. The molecule has 0 saturated carbocycles. The minimum Gasteiger partial charge on any atom is -0.481 e. The van der Waals surface area contributed by atoms with Crippen LogP contribution in [0, 0.1) is 11.6 Å². The Bertz CT molecular complexity index is 796. The van der Waals surface area contributed by atoms with Gasteiger partial charge < -0.3 is 10.4 Å². The van der Waals surface area contributed by atoms with Crippen LogP contribution in [-0.4, -0.2) is 17.0 Å². The zero-order valence-electron chi connectivity index (χ0n) is 14.0. The zero-order chi connectivity index (χ0) is 19.3. The van der Waals surface area contributed by atoms with Crippen LogP contribution in [0.5, 0.6) is 0 Å². The molecule has 2 atom stereocenters. The number of halogens is 3. The number of benzene rings is 2. The predicted molar refractivity (Wildman–Crippen MR) is 94.0 cm³/mol. The summed E-state index contributed by atoms with van der Waals surface area (Å²) < 4.78 is 26.8. The highest BCUT2D eigenvalue weighted by Gasteiger charge is 2.21. The average molecular weight is 382 g/mol. The van der Waals surface area contributed by atoms with Crippen molar-refractivity contribution in [3.05, 3.63) is 70.2 Å². The van der Waals surface area contributed by atoms with E-state index in [-0.39, 0.29) is 18.4 Å². The van der Waals surface area contributed by atoms with Crippen molar-refractivity contribution in [3.63, 3.8) is 0 Å². The first-order valence-corrected chi connectivity index (χ1v) is 8.35. The van der Waals surface area contributed by atoms with Gasteiger partial charge in [-0.15, -0.1) is 0 Å². The van der Waals surface area contributed by atoms with E-state index in [1.165, 1.54) is 6.07 Å². The number of hydrogen-bond acceptors (Lipinski definition) is 2. The molecule has 0 aromatic heterocycles. The zero-order valence-corrected chi connectivity index (χ0v) is 14.8. The molecule has 0 aliphatic heterocycles. The highest BCUT2D eigenvalue weighted by atomic mass is 35.5. The van der Waals surface area contributed by atoms with Gasteiger partial charge in [0.1, 0.15) is 11.6 Å². The summed E-state index contributed by atoms with van der Waals surface area (Å²) in [5, 5.41) is 12.2. The molecule has 4 nitrogen and oxygen atoms in total. The van der Waals surface area contributed by atoms with Crippen molar-refractivity contribution in [2.75, 3.05) is 0 Å². The maximum Gasteiger partial charge on any atom is 0.305 e. The van der Waals surface area contributed by atoms with Gasteiger partial charge in [-0.25, -0.2) is 8.78 Å². The van der Waals surface area contributed by atoms with Gasteiger partial charge in [-0.3, -0.25) is 9.59 Å². The van der Waals surface area contributed by atoms with E-state index in [2.05, 4.69) is 5.32 Å². The first-order chi connectivity index (χ1) is 12.3. The van der Waals surface area contributed by atoms with Gasteiger partial charge in [0.15, 0.2) is 0 Å². The monoisotopic (exact) mass is 381 g/mol. The summed E-state index contributed by atoms with van der Waals surface area (Å²) in [6.07, 6.45) is -0.362. The normalized spacial score (nSPS) is 13.1. The van der Waals surface area contributed by atoms with Gasteiger partial charge in [0.25, 0.3) is 0 Å². The quantitative estimate of drug-likeness (QED) is 0.744. The van der Waals surface area contributed by atoms with Crippen molar-refractivity contribution in [1.29, 1.82) is 0 Å². The van der Waals surface area contributed by atoms with E-state index >= 15 is 0 Å². The Hall–Kier alpha value is -2.47. The van der Waals surface area contributed by atoms with Crippen molar-refractivity contribution in [2.45, 2.75) is 31.7 Å². The number of amides is 1. The first kappa shape index (κ1) is 19.8. The molecule has 2 rings (SSSR count). The average Bonchev–Trinajstić information content (AvgIpc) is 2.54. The fourth-order valence-corrected chi connectivity index (χ4v) is 2.79. The molecule has 2 unspecified atom stereocenters. The number of carbonyl (C=O) groups excluding carboxylic acids is 1. The molecule has 7 heteroatoms. The smallest absolute Gasteiger partial charge is 0.305 e. The van der Waals surface area contributed by atoms with Gasteiger partial charge in [0.05, 0.1) is 12.5 Å². The molecule has 0 fully saturated rings. The molecule has 138 valence electrons. The van der Waals surface area contributed by atoms with Crippen molar-refractivity contribution in [3.8, 4) is 0 Å². The molecular formula is C19H18ClF2NO3. The van der Waals surface area contributed by atoms with Crippen LogP contribution in [0.1, 0.15) is 42.9 Å². The lowest BCUT2D eigenvalue weighted by atomic mass is 9.96. The molecule has 0 radical (unpaired) electrons. The van der Waals surface area contributed by atoms with Gasteiger partial charge >= 0.3 is 5.97 Å². The molecule has 2 N–H and O–H groups in total. The van der Waals surface area contributed by atoms with Crippen molar-refractivity contribution in [2.24, 2.45) is 0 Å². The summed E-state index contributed by atoms with van der Waals surface area (Å²) in [7, 11) is 0. The van der Waals surface area contributed by atoms with E-state index in [0.717, 1.165) is 12.1 Å². The highest BCUT2D eigenvalue weighted by Crippen LogP contribution is 2.24. The molecule has 0 spiro atoms. The second-order valence-electron chi connectivity index (χ2n) is 6.04. The maximum atomic E-state index is 13.8. The molecule has 0 bridgehead atoms. The summed E-state index contributed by atoms with van der Waals surface area (Å²) in [5.74, 6) is -3.39. The van der Waals surface area contributed by atoms with Crippen LogP contribution in [0.2, 0.25) is 5.02 Å². The van der Waals surface area contributed by atoms with Gasteiger partial charge in [-0.2, -0.15) is 0 Å². The molecular weight excluding hydrogens is 364 g/mol. The number of aliphatic carboxylic acids is 1. The number of carbonyl (C=O) groups is 2. The first-order valence-electron chi connectivity index (χ1n) is 7.98. The SMILES string of the molecule is CC(CC(=O)NC(CC(=O)O)c1ccc(Cl)cc1)c1ccc(F)cc1F. The molecule has 26 heavy (non-hydrogen) atoms. The van der Waals surface area contributed by atoms with E-state index in [4.69, 9.17) is 16.7 Å². The Morgan fingerprint density at radius 3 is 2.35 bits per heavy atom. The second-order valence-corrected chi connectivity index (χ2v) is 6.48. The van der Waals surface area contributed by atoms with E-state index < -0.39 is 35.5 Å². The number of nitrogens with one attached hydrogen (secondary N) is 1. The summed E-state index contributed by atoms with van der Waals surface area (Å²) in [5.41, 5.74) is 0.827. The van der Waals surface area contributed by atoms with Crippen LogP contribution in [-0.2, 0) is 9.59 Å². The third-order valence-corrected chi connectivity index (χ3v) is 4.22. The molecule has 0 aliphatic rings. The lowest BCUT2D eigenvalue weighted by molar-refractivity contribution is -0.137. The standard InChI is InChI=1S/C19H18ClF2NO3/c1-11(15-7-6-14(21)9-16(15)22)8-18(24)23-17(10-19(25)26)12-2-4-13(20)5-3-12/h2-7,9,11,17H,8,10H2,1H3,(H,23,24)(H,25,26). The van der Waals surface area contributed by atoms with Gasteiger partial charge in [-0.1, -0.05) is 36.7 Å². The summed E-state index contributed by atoms with van der Waals surface area (Å²) in [4.78, 5) is 23.4. The molecule has 1 amide bonds. The van der Waals surface area contributed by atoms with Crippen LogP contribution in [0.15, 0.2) is 42.5 Å². The van der Waals surface area contributed by atoms with E-state index in [1.54, 1.807) is 31.2 Å². The topological polar surface area (TPSA) is 66.4 Å². The number of hydrogen-bond donors (Lipinski definition) is 2. The van der Waals surface area contributed by atoms with Crippen LogP contribution in [0.25, 0.3) is 0 Å². The lowest BCUT2D eigenvalue weighted by Gasteiger charge is -2.19. The molecule has 2 aromatic rings. The Morgan fingerprint density at radius 1 is 1.12 bits per heavy atom. The van der Waals surface area contributed by atoms with E-state index in [1.807, 2.05) is 0 Å². The van der Waals surface area contributed by atoms with Crippen LogP contribution in [0.4, 0.5) is 8.78 Å². The third kappa shape index (κ3) is 5.52. The molecule has 0 saturated heterocycles. The Balaban J connectivity index is 2.08. The van der Waals surface area contributed by atoms with Crippen LogP contribution >= 0.6 is 11.6 Å². The molecule has 2 aromatic carbocycles. The third-order valence-electron chi connectivity index (χ3n) is 3.97. The Kier molecular flexibility index (Phi) is 6.69. The summed E-state index contributed by atoms with van der Waals surface area (Å²) in [6, 6.07) is 8.96. The van der Waals surface area contributed by atoms with Gasteiger partial charge in [0, 0.05) is 17.5 Å². The largest absolute Gasteiger partial charge is 0.481 e.